The molecule has 2 saturated heterocycles. The number of carbonyl (C=O) groups is 1. The van der Waals surface area contributed by atoms with Crippen molar-refractivity contribution in [2.24, 2.45) is 5.92 Å². The van der Waals surface area contributed by atoms with Gasteiger partial charge in [-0.05, 0) is 44.6 Å². The summed E-state index contributed by atoms with van der Waals surface area (Å²) in [4.78, 5) is 23.6. The highest BCUT2D eigenvalue weighted by molar-refractivity contribution is 5.92. The van der Waals surface area contributed by atoms with E-state index in [1.807, 2.05) is 6.92 Å². The van der Waals surface area contributed by atoms with E-state index in [-0.39, 0.29) is 12.0 Å². The van der Waals surface area contributed by atoms with E-state index in [1.165, 1.54) is 0 Å². The summed E-state index contributed by atoms with van der Waals surface area (Å²) in [6.07, 6.45) is 4.53. The van der Waals surface area contributed by atoms with Gasteiger partial charge in [-0.3, -0.25) is 4.79 Å². The molecule has 0 bridgehead atoms. The first kappa shape index (κ1) is 16.2. The molecule has 0 aliphatic carbocycles. The standard InChI is InChI=1S/C17H26N4O2/c1-12-5-7-21(8-6-12)17-19-13(2)10-15(20-17)16(22)18-11-14-4-3-9-23-14/h10,12,14H,3-9,11H2,1-2H3,(H,18,22). The van der Waals surface area contributed by atoms with E-state index >= 15 is 0 Å². The lowest BCUT2D eigenvalue weighted by atomic mass is 10.00. The molecule has 3 rings (SSSR count). The predicted molar refractivity (Wildman–Crippen MR) is 88.7 cm³/mol. The second kappa shape index (κ2) is 7.25. The Balaban J connectivity index is 1.65. The summed E-state index contributed by atoms with van der Waals surface area (Å²) in [7, 11) is 0. The van der Waals surface area contributed by atoms with E-state index < -0.39 is 0 Å². The average molecular weight is 318 g/mol. The summed E-state index contributed by atoms with van der Waals surface area (Å²) in [5.41, 5.74) is 1.28. The molecule has 0 aromatic carbocycles. The zero-order valence-electron chi connectivity index (χ0n) is 14.0. The van der Waals surface area contributed by atoms with E-state index in [0.29, 0.717) is 18.2 Å². The van der Waals surface area contributed by atoms with Crippen LogP contribution in [-0.2, 0) is 4.74 Å². The molecule has 126 valence electrons. The summed E-state index contributed by atoms with van der Waals surface area (Å²) in [5, 5.41) is 2.93. The van der Waals surface area contributed by atoms with Crippen molar-refractivity contribution in [2.75, 3.05) is 31.1 Å². The number of nitrogens with zero attached hydrogens (tertiary/aromatic N) is 3. The number of aryl methyl sites for hydroxylation is 1. The highest BCUT2D eigenvalue weighted by atomic mass is 16.5. The first-order valence-electron chi connectivity index (χ1n) is 8.62. The van der Waals surface area contributed by atoms with Gasteiger partial charge in [0.2, 0.25) is 5.95 Å². The van der Waals surface area contributed by atoms with Crippen LogP contribution < -0.4 is 10.2 Å². The number of piperidine rings is 1. The number of carbonyl (C=O) groups excluding carboxylic acids is 1. The van der Waals surface area contributed by atoms with Crippen LogP contribution in [0.3, 0.4) is 0 Å². The third kappa shape index (κ3) is 4.19. The largest absolute Gasteiger partial charge is 0.376 e. The molecular formula is C17H26N4O2. The minimum Gasteiger partial charge on any atom is -0.376 e. The Hall–Kier alpha value is -1.69. The Morgan fingerprint density at radius 2 is 2.13 bits per heavy atom. The number of rotatable bonds is 4. The van der Waals surface area contributed by atoms with Crippen LogP contribution in [0.1, 0.15) is 48.8 Å². The number of hydrogen-bond donors (Lipinski definition) is 1. The summed E-state index contributed by atoms with van der Waals surface area (Å²) >= 11 is 0. The summed E-state index contributed by atoms with van der Waals surface area (Å²) in [6.45, 7) is 7.46. The first-order chi connectivity index (χ1) is 11.1. The van der Waals surface area contributed by atoms with Crippen molar-refractivity contribution >= 4 is 11.9 Å². The van der Waals surface area contributed by atoms with Crippen molar-refractivity contribution in [2.45, 2.75) is 45.6 Å². The molecule has 0 saturated carbocycles. The summed E-state index contributed by atoms with van der Waals surface area (Å²) in [6, 6.07) is 1.75. The second-order valence-corrected chi connectivity index (χ2v) is 6.71. The Morgan fingerprint density at radius 1 is 1.35 bits per heavy atom. The average Bonchev–Trinajstić information content (AvgIpc) is 3.06. The van der Waals surface area contributed by atoms with Crippen LogP contribution in [0.15, 0.2) is 6.07 Å². The summed E-state index contributed by atoms with van der Waals surface area (Å²) in [5.74, 6) is 1.29. The highest BCUT2D eigenvalue weighted by Gasteiger charge is 2.21. The zero-order chi connectivity index (χ0) is 16.2. The smallest absolute Gasteiger partial charge is 0.270 e. The van der Waals surface area contributed by atoms with Crippen molar-refractivity contribution in [1.29, 1.82) is 0 Å². The van der Waals surface area contributed by atoms with Gasteiger partial charge in [0.25, 0.3) is 5.91 Å². The maximum Gasteiger partial charge on any atom is 0.270 e. The molecule has 1 aromatic heterocycles. The van der Waals surface area contributed by atoms with Crippen molar-refractivity contribution in [3.05, 3.63) is 17.5 Å². The molecule has 2 fully saturated rings. The van der Waals surface area contributed by atoms with Crippen LogP contribution in [0.5, 0.6) is 0 Å². The molecule has 23 heavy (non-hydrogen) atoms. The Kier molecular flexibility index (Phi) is 5.10. The molecule has 1 amide bonds. The van der Waals surface area contributed by atoms with Gasteiger partial charge < -0.3 is 15.0 Å². The van der Waals surface area contributed by atoms with Gasteiger partial charge in [0.05, 0.1) is 6.10 Å². The highest BCUT2D eigenvalue weighted by Crippen LogP contribution is 2.20. The van der Waals surface area contributed by atoms with Gasteiger partial charge in [0, 0.05) is 31.9 Å². The predicted octanol–water partition coefficient (Wildman–Crippen LogP) is 1.93. The number of anilines is 1. The fourth-order valence-electron chi connectivity index (χ4n) is 3.12. The normalized spacial score (nSPS) is 22.3. The molecule has 6 heteroatoms. The molecule has 1 aromatic rings. The van der Waals surface area contributed by atoms with Crippen LogP contribution >= 0.6 is 0 Å². The van der Waals surface area contributed by atoms with Gasteiger partial charge in [0.1, 0.15) is 5.69 Å². The molecule has 6 nitrogen and oxygen atoms in total. The molecule has 2 aliphatic rings. The molecule has 3 heterocycles. The van der Waals surface area contributed by atoms with E-state index in [9.17, 15) is 4.79 Å². The van der Waals surface area contributed by atoms with Gasteiger partial charge in [-0.15, -0.1) is 0 Å². The van der Waals surface area contributed by atoms with Crippen LogP contribution in [0.2, 0.25) is 0 Å². The lowest BCUT2D eigenvalue weighted by Gasteiger charge is -2.30. The number of hydrogen-bond acceptors (Lipinski definition) is 5. The lowest BCUT2D eigenvalue weighted by Crippen LogP contribution is -2.36. The van der Waals surface area contributed by atoms with E-state index in [0.717, 1.165) is 57.0 Å². The van der Waals surface area contributed by atoms with E-state index in [1.54, 1.807) is 6.07 Å². The molecule has 1 N–H and O–H groups in total. The molecule has 1 atom stereocenters. The van der Waals surface area contributed by atoms with Crippen LogP contribution in [0, 0.1) is 12.8 Å². The Morgan fingerprint density at radius 3 is 2.83 bits per heavy atom. The topological polar surface area (TPSA) is 67.3 Å². The van der Waals surface area contributed by atoms with Gasteiger partial charge >= 0.3 is 0 Å². The Bertz CT molecular complexity index is 550. The second-order valence-electron chi connectivity index (χ2n) is 6.71. The van der Waals surface area contributed by atoms with Crippen LogP contribution in [0.25, 0.3) is 0 Å². The number of ether oxygens (including phenoxy) is 1. The number of aromatic nitrogens is 2. The van der Waals surface area contributed by atoms with Crippen molar-refractivity contribution in [3.63, 3.8) is 0 Å². The molecule has 2 aliphatic heterocycles. The third-order valence-electron chi connectivity index (χ3n) is 4.66. The van der Waals surface area contributed by atoms with Crippen LogP contribution in [0.4, 0.5) is 5.95 Å². The van der Waals surface area contributed by atoms with Gasteiger partial charge in [-0.1, -0.05) is 6.92 Å². The van der Waals surface area contributed by atoms with Crippen molar-refractivity contribution < 1.29 is 9.53 Å². The van der Waals surface area contributed by atoms with Gasteiger partial charge in [0.15, 0.2) is 0 Å². The fraction of sp³-hybridized carbons (Fsp3) is 0.706. The van der Waals surface area contributed by atoms with Crippen LogP contribution in [-0.4, -0.2) is 48.2 Å². The molecule has 0 spiro atoms. The third-order valence-corrected chi connectivity index (χ3v) is 4.66. The monoisotopic (exact) mass is 318 g/mol. The number of amides is 1. The lowest BCUT2D eigenvalue weighted by molar-refractivity contribution is 0.0853. The van der Waals surface area contributed by atoms with Gasteiger partial charge in [-0.25, -0.2) is 9.97 Å². The quantitative estimate of drug-likeness (QED) is 0.919. The molecule has 1 unspecified atom stereocenters. The van der Waals surface area contributed by atoms with E-state index in [2.05, 4.69) is 27.1 Å². The maximum atomic E-state index is 12.4. The first-order valence-corrected chi connectivity index (χ1v) is 8.62. The van der Waals surface area contributed by atoms with E-state index in [4.69, 9.17) is 4.74 Å². The van der Waals surface area contributed by atoms with Crippen molar-refractivity contribution in [1.82, 2.24) is 15.3 Å². The minimum absolute atomic E-state index is 0.141. The van der Waals surface area contributed by atoms with Crippen molar-refractivity contribution in [3.8, 4) is 0 Å². The molecular weight excluding hydrogens is 292 g/mol. The molecule has 0 radical (unpaired) electrons. The Labute approximate surface area is 137 Å². The van der Waals surface area contributed by atoms with Gasteiger partial charge in [-0.2, -0.15) is 0 Å². The minimum atomic E-state index is -0.141. The number of nitrogens with one attached hydrogen (secondary N) is 1. The fourth-order valence-corrected chi connectivity index (χ4v) is 3.12. The SMILES string of the molecule is Cc1cc(C(=O)NCC2CCCO2)nc(N2CCC(C)CC2)n1. The maximum absolute atomic E-state index is 12.4. The summed E-state index contributed by atoms with van der Waals surface area (Å²) < 4.78 is 5.54. The zero-order valence-corrected chi connectivity index (χ0v) is 14.0.